The highest BCUT2D eigenvalue weighted by atomic mass is 19.1. The molecular formula is C48H46FN7O9. The van der Waals surface area contributed by atoms with E-state index in [9.17, 15) is 33.9 Å². The van der Waals surface area contributed by atoms with E-state index in [2.05, 4.69) is 25.9 Å². The van der Waals surface area contributed by atoms with Crippen LogP contribution in [0.5, 0.6) is 17.4 Å². The Kier molecular flexibility index (Phi) is 12.4. The van der Waals surface area contributed by atoms with Crippen LogP contribution < -0.4 is 30.9 Å². The summed E-state index contributed by atoms with van der Waals surface area (Å²) in [6, 6.07) is 16.7. The van der Waals surface area contributed by atoms with Crippen LogP contribution in [0.25, 0.3) is 21.8 Å². The van der Waals surface area contributed by atoms with Crippen molar-refractivity contribution in [2.24, 2.45) is 7.05 Å². The summed E-state index contributed by atoms with van der Waals surface area (Å²) in [5.74, 6) is -3.31. The number of unbranched alkanes of at least 4 members (excludes halogenated alkanes) is 2. The zero-order valence-electron chi connectivity index (χ0n) is 36.1. The Hall–Kier alpha value is -7.53. The third-order valence-corrected chi connectivity index (χ3v) is 11.9. The largest absolute Gasteiger partial charge is 0.493 e. The fraction of sp³-hybridized carbons (Fsp3) is 0.292. The first-order valence-electron chi connectivity index (χ1n) is 21.3. The molecule has 4 aromatic carbocycles. The second kappa shape index (κ2) is 18.3. The lowest BCUT2D eigenvalue weighted by atomic mass is 10.0. The number of anilines is 2. The monoisotopic (exact) mass is 883 g/mol. The van der Waals surface area contributed by atoms with Crippen LogP contribution in [0.3, 0.4) is 0 Å². The molecule has 0 spiro atoms. The molecule has 5 amide bonds. The molecule has 8 rings (SSSR count). The van der Waals surface area contributed by atoms with Gasteiger partial charge in [0.05, 0.1) is 34.2 Å². The second-order valence-electron chi connectivity index (χ2n) is 16.1. The van der Waals surface area contributed by atoms with E-state index in [1.807, 2.05) is 26.0 Å². The summed E-state index contributed by atoms with van der Waals surface area (Å²) in [6.07, 6.45) is 3.36. The van der Waals surface area contributed by atoms with Crippen molar-refractivity contribution in [3.05, 3.63) is 123 Å². The van der Waals surface area contributed by atoms with Gasteiger partial charge in [0, 0.05) is 48.1 Å². The second-order valence-corrected chi connectivity index (χ2v) is 16.1. The van der Waals surface area contributed by atoms with Crippen molar-refractivity contribution in [2.45, 2.75) is 78.0 Å². The molecule has 6 aromatic rings. The van der Waals surface area contributed by atoms with E-state index in [1.165, 1.54) is 24.5 Å². The van der Waals surface area contributed by atoms with Crippen molar-refractivity contribution >= 4 is 62.7 Å². The van der Waals surface area contributed by atoms with Gasteiger partial charge in [-0.3, -0.25) is 39.0 Å². The van der Waals surface area contributed by atoms with E-state index in [1.54, 1.807) is 48.9 Å². The van der Waals surface area contributed by atoms with Gasteiger partial charge in [0.2, 0.25) is 23.1 Å². The molecule has 2 aliphatic rings. The number of amides is 5. The van der Waals surface area contributed by atoms with Crippen LogP contribution in [-0.4, -0.2) is 73.0 Å². The normalized spacial score (nSPS) is 15.3. The SMILES string of the molecule is CCc1ccc2c(c1)c(=O)c(C(=O)Nc1ccc(Oc3ncnc4cc(OCCCCCC(O)Nc5cccc6c5C(=O)N(C5CCC(=O)NC5=O)C6=O)c(C)cc34)c(F)c1)c(C)n2C. The number of aryl methyl sites for hydroxylation is 3. The first kappa shape index (κ1) is 44.1. The highest BCUT2D eigenvalue weighted by molar-refractivity contribution is 6.25. The standard InChI is InChI=1S/C48H46FN7O9/c1-5-27-13-15-35-31(21-27)43(59)41(26(3)55(35)4)45(61)52-28-14-17-37(32(49)22-28)65-46-30-20-25(2)38(23-34(30)50-24-51-46)64-19-8-6-7-12-39(57)53-33-11-9-10-29-42(33)48(63)56(47(29)62)36-16-18-40(58)54-44(36)60/h9-11,13-15,17,20-24,36,39,53,57H,5-8,12,16,18-19H2,1-4H3,(H,52,61)(H,54,58,60). The highest BCUT2D eigenvalue weighted by Gasteiger charge is 2.45. The number of nitrogens with zero attached hydrogens (tertiary/aromatic N) is 4. The molecule has 65 heavy (non-hydrogen) atoms. The van der Waals surface area contributed by atoms with Gasteiger partial charge in [0.1, 0.15) is 29.9 Å². The number of hydrogen-bond acceptors (Lipinski definition) is 12. The van der Waals surface area contributed by atoms with E-state index in [0.29, 0.717) is 65.5 Å². The van der Waals surface area contributed by atoms with Crippen molar-refractivity contribution in [2.75, 3.05) is 17.2 Å². The highest BCUT2D eigenvalue weighted by Crippen LogP contribution is 2.35. The molecular weight excluding hydrogens is 838 g/mol. The molecule has 0 bridgehead atoms. The minimum absolute atomic E-state index is 0.0130. The van der Waals surface area contributed by atoms with Crippen molar-refractivity contribution in [3.63, 3.8) is 0 Å². The van der Waals surface area contributed by atoms with Crippen LogP contribution in [0, 0.1) is 19.7 Å². The van der Waals surface area contributed by atoms with E-state index in [4.69, 9.17) is 9.47 Å². The number of hydrogen-bond donors (Lipinski definition) is 4. The topological polar surface area (TPSA) is 211 Å². The van der Waals surface area contributed by atoms with E-state index < -0.39 is 53.1 Å². The maximum Gasteiger partial charge on any atom is 0.264 e. The Morgan fingerprint density at radius 1 is 0.954 bits per heavy atom. The van der Waals surface area contributed by atoms with Crippen LogP contribution in [0.4, 0.5) is 15.8 Å². The maximum atomic E-state index is 15.5. The number of carbonyl (C=O) groups excluding carboxylic acids is 5. The predicted molar refractivity (Wildman–Crippen MR) is 239 cm³/mol. The summed E-state index contributed by atoms with van der Waals surface area (Å²) >= 11 is 0. The number of ether oxygens (including phenoxy) is 2. The zero-order chi connectivity index (χ0) is 46.1. The summed E-state index contributed by atoms with van der Waals surface area (Å²) in [5, 5.41) is 19.5. The number of rotatable bonds is 15. The first-order chi connectivity index (χ1) is 31.2. The number of aliphatic hydroxyl groups excluding tert-OH is 1. The van der Waals surface area contributed by atoms with Crippen LogP contribution >= 0.6 is 0 Å². The molecule has 0 saturated carbocycles. The summed E-state index contributed by atoms with van der Waals surface area (Å²) < 4.78 is 29.3. The Labute approximate surface area is 371 Å². The molecule has 334 valence electrons. The molecule has 2 atom stereocenters. The van der Waals surface area contributed by atoms with Crippen molar-refractivity contribution < 1.29 is 42.9 Å². The van der Waals surface area contributed by atoms with E-state index >= 15 is 4.39 Å². The third-order valence-electron chi connectivity index (χ3n) is 11.9. The number of fused-ring (bicyclic) bond motifs is 3. The average molecular weight is 884 g/mol. The van der Waals surface area contributed by atoms with Gasteiger partial charge < -0.3 is 29.8 Å². The lowest BCUT2D eigenvalue weighted by molar-refractivity contribution is -0.136. The van der Waals surface area contributed by atoms with Gasteiger partial charge in [-0.15, -0.1) is 0 Å². The maximum absolute atomic E-state index is 15.5. The van der Waals surface area contributed by atoms with Crippen molar-refractivity contribution in [1.82, 2.24) is 24.8 Å². The minimum atomic E-state index is -1.09. The molecule has 17 heteroatoms. The molecule has 16 nitrogen and oxygen atoms in total. The lowest BCUT2D eigenvalue weighted by Crippen LogP contribution is -2.54. The minimum Gasteiger partial charge on any atom is -0.493 e. The number of halogens is 1. The molecule has 1 saturated heterocycles. The number of carbonyl (C=O) groups is 5. The van der Waals surface area contributed by atoms with E-state index in [0.717, 1.165) is 28.5 Å². The third kappa shape index (κ3) is 8.74. The molecule has 4 heterocycles. The number of piperidine rings is 1. The molecule has 4 N–H and O–H groups in total. The van der Waals surface area contributed by atoms with Crippen LogP contribution in [0.2, 0.25) is 0 Å². The number of imide groups is 2. The average Bonchev–Trinajstić information content (AvgIpc) is 3.53. The van der Waals surface area contributed by atoms with Gasteiger partial charge in [-0.1, -0.05) is 19.1 Å². The molecule has 1 fully saturated rings. The fourth-order valence-corrected chi connectivity index (χ4v) is 8.24. The molecule has 2 aromatic heterocycles. The number of aliphatic hydroxyl groups is 1. The van der Waals surface area contributed by atoms with Gasteiger partial charge in [-0.25, -0.2) is 14.4 Å². The summed E-state index contributed by atoms with van der Waals surface area (Å²) in [6.45, 7) is 5.90. The number of pyridine rings is 1. The molecule has 0 aliphatic carbocycles. The molecule has 2 unspecified atom stereocenters. The van der Waals surface area contributed by atoms with Gasteiger partial charge >= 0.3 is 0 Å². The smallest absolute Gasteiger partial charge is 0.264 e. The van der Waals surface area contributed by atoms with Gasteiger partial charge in [0.25, 0.3) is 17.7 Å². The molecule has 2 aliphatic heterocycles. The summed E-state index contributed by atoms with van der Waals surface area (Å²) in [7, 11) is 1.79. The Bertz CT molecular complexity index is 3010. The van der Waals surface area contributed by atoms with Crippen molar-refractivity contribution in [1.29, 1.82) is 0 Å². The molecule has 0 radical (unpaired) electrons. The van der Waals surface area contributed by atoms with Crippen LogP contribution in [-0.2, 0) is 23.1 Å². The summed E-state index contributed by atoms with van der Waals surface area (Å²) in [4.78, 5) is 87.0. The van der Waals surface area contributed by atoms with Crippen LogP contribution in [0.15, 0.2) is 77.9 Å². The Balaban J connectivity index is 0.841. The fourth-order valence-electron chi connectivity index (χ4n) is 8.24. The van der Waals surface area contributed by atoms with Gasteiger partial charge in [0.15, 0.2) is 11.6 Å². The summed E-state index contributed by atoms with van der Waals surface area (Å²) in [5.41, 5.74) is 3.58. The van der Waals surface area contributed by atoms with E-state index in [-0.39, 0.29) is 52.5 Å². The lowest BCUT2D eigenvalue weighted by Gasteiger charge is -2.27. The van der Waals surface area contributed by atoms with Crippen molar-refractivity contribution in [3.8, 4) is 17.4 Å². The quantitative estimate of drug-likeness (QED) is 0.0488. The zero-order valence-corrected chi connectivity index (χ0v) is 36.1. The van der Waals surface area contributed by atoms with Gasteiger partial charge in [-0.2, -0.15) is 0 Å². The Morgan fingerprint density at radius 2 is 1.77 bits per heavy atom. The number of nitrogens with one attached hydrogen (secondary N) is 3. The predicted octanol–water partition coefficient (Wildman–Crippen LogP) is 6.62. The van der Waals surface area contributed by atoms with Gasteiger partial charge in [-0.05, 0) is 106 Å². The van der Waals surface area contributed by atoms with Crippen LogP contribution in [0.1, 0.15) is 93.3 Å². The number of benzene rings is 4. The first-order valence-corrected chi connectivity index (χ1v) is 21.3. The Morgan fingerprint density at radius 3 is 2.54 bits per heavy atom. The number of aromatic nitrogens is 3.